The van der Waals surface area contributed by atoms with Gasteiger partial charge in [0.25, 0.3) is 11.1 Å². The van der Waals surface area contributed by atoms with E-state index in [4.69, 9.17) is 27.5 Å². The summed E-state index contributed by atoms with van der Waals surface area (Å²) < 4.78 is 11.5. The Kier molecular flexibility index (Phi) is 7.01. The smallest absolute Gasteiger partial charge is 0.294 e. The molecule has 1 atom stereocenters. The van der Waals surface area contributed by atoms with Crippen molar-refractivity contribution in [3.8, 4) is 23.8 Å². The normalized spacial score (nSPS) is 16.7. The van der Waals surface area contributed by atoms with Crippen molar-refractivity contribution >= 4 is 40.6 Å². The maximum absolute atomic E-state index is 12.3. The van der Waals surface area contributed by atoms with Gasteiger partial charge in [-0.15, -0.1) is 6.42 Å². The van der Waals surface area contributed by atoms with Gasteiger partial charge in [-0.3, -0.25) is 14.5 Å². The van der Waals surface area contributed by atoms with Crippen LogP contribution in [0.15, 0.2) is 17.0 Å². The molecule has 1 aromatic carbocycles. The molecule has 1 aliphatic rings. The zero-order chi connectivity index (χ0) is 19.3. The largest absolute Gasteiger partial charge is 0.490 e. The lowest BCUT2D eigenvalue weighted by Crippen LogP contribution is -2.28. The molecule has 7 heteroatoms. The van der Waals surface area contributed by atoms with E-state index in [1.807, 2.05) is 20.8 Å². The summed E-state index contributed by atoms with van der Waals surface area (Å²) >= 11 is 7.22. The number of thioether (sulfide) groups is 1. The van der Waals surface area contributed by atoms with Crippen LogP contribution in [0, 0.1) is 12.3 Å². The van der Waals surface area contributed by atoms with E-state index < -0.39 is 5.91 Å². The fourth-order valence-electron chi connectivity index (χ4n) is 2.21. The van der Waals surface area contributed by atoms with E-state index in [9.17, 15) is 9.59 Å². The molecule has 138 valence electrons. The molecule has 0 N–H and O–H groups in total. The van der Waals surface area contributed by atoms with Crippen molar-refractivity contribution < 1.29 is 19.1 Å². The third-order valence-electron chi connectivity index (χ3n) is 3.65. The molecule has 0 spiro atoms. The summed E-state index contributed by atoms with van der Waals surface area (Å²) in [4.78, 5) is 25.5. The molecule has 1 aromatic rings. The van der Waals surface area contributed by atoms with E-state index in [0.29, 0.717) is 33.6 Å². The van der Waals surface area contributed by atoms with Gasteiger partial charge in [-0.25, -0.2) is 0 Å². The first-order chi connectivity index (χ1) is 12.4. The molecule has 26 heavy (non-hydrogen) atoms. The molecule has 0 aliphatic carbocycles. The summed E-state index contributed by atoms with van der Waals surface area (Å²) in [5.74, 6) is 2.86. The zero-order valence-corrected chi connectivity index (χ0v) is 16.4. The number of hydrogen-bond acceptors (Lipinski definition) is 5. The standard InChI is InChI=1S/C19H20ClNO4S/c1-5-8-21-18(22)16(26-19(21)23)11-13-9-14(20)17(25-12(4)6-2)15(10-13)24-7-3/h1,9-12H,6-8H2,2-4H3/b16-11+/t12-/m1/s1. The van der Waals surface area contributed by atoms with E-state index in [2.05, 4.69) is 5.92 Å². The molecule has 2 rings (SSSR count). The Morgan fingerprint density at radius 1 is 1.38 bits per heavy atom. The van der Waals surface area contributed by atoms with Crippen LogP contribution in [-0.2, 0) is 4.79 Å². The molecule has 1 fully saturated rings. The van der Waals surface area contributed by atoms with Crippen LogP contribution in [0.4, 0.5) is 4.79 Å². The summed E-state index contributed by atoms with van der Waals surface area (Å²) in [5.41, 5.74) is 0.640. The number of amides is 2. The zero-order valence-electron chi connectivity index (χ0n) is 14.9. The minimum absolute atomic E-state index is 0.0159. The van der Waals surface area contributed by atoms with Gasteiger partial charge in [-0.05, 0) is 55.8 Å². The maximum atomic E-state index is 12.3. The van der Waals surface area contributed by atoms with Gasteiger partial charge in [0.2, 0.25) is 0 Å². The van der Waals surface area contributed by atoms with Gasteiger partial charge in [-0.2, -0.15) is 0 Å². The van der Waals surface area contributed by atoms with Crippen molar-refractivity contribution in [3.63, 3.8) is 0 Å². The van der Waals surface area contributed by atoms with Gasteiger partial charge in [-0.1, -0.05) is 24.4 Å². The molecular weight excluding hydrogens is 374 g/mol. The van der Waals surface area contributed by atoms with Crippen molar-refractivity contribution in [1.29, 1.82) is 0 Å². The number of imide groups is 1. The maximum Gasteiger partial charge on any atom is 0.294 e. The second-order valence-electron chi connectivity index (χ2n) is 5.57. The average molecular weight is 394 g/mol. The number of benzene rings is 1. The second-order valence-corrected chi connectivity index (χ2v) is 6.97. The Morgan fingerprint density at radius 2 is 2.12 bits per heavy atom. The second kappa shape index (κ2) is 9.02. The summed E-state index contributed by atoms with van der Waals surface area (Å²) in [7, 11) is 0. The molecule has 0 saturated carbocycles. The van der Waals surface area contributed by atoms with Crippen molar-refractivity contribution in [2.24, 2.45) is 0 Å². The number of nitrogens with zero attached hydrogens (tertiary/aromatic N) is 1. The van der Waals surface area contributed by atoms with Crippen LogP contribution in [0.5, 0.6) is 11.5 Å². The quantitative estimate of drug-likeness (QED) is 0.501. The Bertz CT molecular complexity index is 784. The topological polar surface area (TPSA) is 55.8 Å². The van der Waals surface area contributed by atoms with Gasteiger partial charge in [0.15, 0.2) is 11.5 Å². The van der Waals surface area contributed by atoms with E-state index in [-0.39, 0.29) is 17.9 Å². The van der Waals surface area contributed by atoms with Crippen molar-refractivity contribution in [3.05, 3.63) is 27.6 Å². The Morgan fingerprint density at radius 3 is 2.73 bits per heavy atom. The van der Waals surface area contributed by atoms with E-state index in [1.165, 1.54) is 0 Å². The molecule has 5 nitrogen and oxygen atoms in total. The van der Waals surface area contributed by atoms with Crippen molar-refractivity contribution in [1.82, 2.24) is 4.90 Å². The van der Waals surface area contributed by atoms with Gasteiger partial charge in [0, 0.05) is 0 Å². The van der Waals surface area contributed by atoms with Crippen LogP contribution in [0.3, 0.4) is 0 Å². The van der Waals surface area contributed by atoms with Gasteiger partial charge >= 0.3 is 0 Å². The number of ether oxygens (including phenoxy) is 2. The fraction of sp³-hybridized carbons (Fsp3) is 0.368. The lowest BCUT2D eigenvalue weighted by atomic mass is 10.1. The van der Waals surface area contributed by atoms with Gasteiger partial charge in [0.05, 0.1) is 29.2 Å². The van der Waals surface area contributed by atoms with Gasteiger partial charge in [0.1, 0.15) is 0 Å². The third kappa shape index (κ3) is 4.54. The fourth-order valence-corrected chi connectivity index (χ4v) is 3.31. The summed E-state index contributed by atoms with van der Waals surface area (Å²) in [5, 5.41) is -0.00240. The van der Waals surface area contributed by atoms with Crippen LogP contribution < -0.4 is 9.47 Å². The molecule has 0 radical (unpaired) electrons. The lowest BCUT2D eigenvalue weighted by Gasteiger charge is -2.18. The van der Waals surface area contributed by atoms with E-state index in [1.54, 1.807) is 18.2 Å². The molecule has 2 amide bonds. The number of halogens is 1. The molecule has 0 aromatic heterocycles. The number of carbonyl (C=O) groups is 2. The first-order valence-electron chi connectivity index (χ1n) is 8.23. The highest BCUT2D eigenvalue weighted by molar-refractivity contribution is 8.18. The molecule has 1 heterocycles. The number of carbonyl (C=O) groups excluding carboxylic acids is 2. The first kappa shape index (κ1) is 20.2. The minimum atomic E-state index is -0.410. The number of rotatable bonds is 7. The van der Waals surface area contributed by atoms with Crippen LogP contribution in [0.2, 0.25) is 5.02 Å². The van der Waals surface area contributed by atoms with Crippen LogP contribution >= 0.6 is 23.4 Å². The van der Waals surface area contributed by atoms with Crippen LogP contribution in [0.25, 0.3) is 6.08 Å². The van der Waals surface area contributed by atoms with Crippen LogP contribution in [0.1, 0.15) is 32.8 Å². The third-order valence-corrected chi connectivity index (χ3v) is 4.83. The highest BCUT2D eigenvalue weighted by Crippen LogP contribution is 2.39. The molecule has 0 bridgehead atoms. The Hall–Kier alpha value is -2.10. The molecule has 1 aliphatic heterocycles. The summed E-state index contributed by atoms with van der Waals surface area (Å²) in [6.07, 6.45) is 7.61. The van der Waals surface area contributed by atoms with E-state index in [0.717, 1.165) is 23.1 Å². The SMILES string of the molecule is C#CCN1C(=O)S/C(=C/c2cc(Cl)c(O[C@H](C)CC)c(OCC)c2)C1=O. The first-order valence-corrected chi connectivity index (χ1v) is 9.42. The summed E-state index contributed by atoms with van der Waals surface area (Å²) in [6.45, 7) is 6.21. The predicted molar refractivity (Wildman–Crippen MR) is 105 cm³/mol. The van der Waals surface area contributed by atoms with Crippen molar-refractivity contribution in [2.45, 2.75) is 33.3 Å². The molecule has 0 unspecified atom stereocenters. The monoisotopic (exact) mass is 393 g/mol. The van der Waals surface area contributed by atoms with E-state index >= 15 is 0 Å². The van der Waals surface area contributed by atoms with Crippen molar-refractivity contribution in [2.75, 3.05) is 13.2 Å². The highest BCUT2D eigenvalue weighted by Gasteiger charge is 2.34. The lowest BCUT2D eigenvalue weighted by molar-refractivity contribution is -0.122. The predicted octanol–water partition coefficient (Wildman–Crippen LogP) is 4.59. The number of hydrogen-bond donors (Lipinski definition) is 0. The molecular formula is C19H20ClNO4S. The minimum Gasteiger partial charge on any atom is -0.490 e. The molecule has 1 saturated heterocycles. The average Bonchev–Trinajstić information content (AvgIpc) is 2.86. The van der Waals surface area contributed by atoms with Crippen LogP contribution in [-0.4, -0.2) is 35.3 Å². The Labute approximate surface area is 162 Å². The van der Waals surface area contributed by atoms with Gasteiger partial charge < -0.3 is 9.47 Å². The highest BCUT2D eigenvalue weighted by atomic mass is 35.5. The Balaban J connectivity index is 2.37. The number of terminal acetylenes is 1. The summed E-state index contributed by atoms with van der Waals surface area (Å²) in [6, 6.07) is 3.42.